The molecule has 5 nitrogen and oxygen atoms in total. The van der Waals surface area contributed by atoms with Crippen LogP contribution in [0, 0.1) is 28.6 Å². The number of thioether (sulfide) groups is 1. The number of aliphatic carboxylic acids is 1. The highest BCUT2D eigenvalue weighted by Gasteiger charge is 2.60. The summed E-state index contributed by atoms with van der Waals surface area (Å²) in [6.07, 6.45) is 9.74. The number of hydrogen-bond donors (Lipinski definition) is 2. The minimum absolute atomic E-state index is 0.0749. The Hall–Kier alpha value is -1.14. The van der Waals surface area contributed by atoms with E-state index in [2.05, 4.69) is 13.0 Å². The first-order chi connectivity index (χ1) is 13.6. The summed E-state index contributed by atoms with van der Waals surface area (Å²) in [5.74, 6) is 2.25. The smallest absolute Gasteiger partial charge is 0.300 e. The van der Waals surface area contributed by atoms with Gasteiger partial charge in [0.05, 0.1) is 6.10 Å². The lowest BCUT2D eigenvalue weighted by Crippen LogP contribution is -2.53. The topological polar surface area (TPSA) is 91.7 Å². The van der Waals surface area contributed by atoms with Gasteiger partial charge in [0.15, 0.2) is 5.12 Å². The Kier molecular flexibility index (Phi) is 6.64. The highest BCUT2D eigenvalue weighted by molar-refractivity contribution is 8.13. The van der Waals surface area contributed by atoms with E-state index in [0.717, 1.165) is 64.0 Å². The number of ketones is 1. The molecule has 0 aromatic heterocycles. The van der Waals surface area contributed by atoms with Gasteiger partial charge in [0.1, 0.15) is 5.78 Å². The zero-order chi connectivity index (χ0) is 21.4. The minimum Gasteiger partial charge on any atom is -0.481 e. The van der Waals surface area contributed by atoms with Gasteiger partial charge < -0.3 is 10.2 Å². The molecular weight excluding hydrogens is 388 g/mol. The second-order valence-electron chi connectivity index (χ2n) is 9.59. The maximum atomic E-state index is 12.5. The largest absolute Gasteiger partial charge is 0.481 e. The highest BCUT2D eigenvalue weighted by atomic mass is 32.2. The predicted molar refractivity (Wildman–Crippen MR) is 113 cm³/mol. The van der Waals surface area contributed by atoms with Crippen molar-refractivity contribution in [1.29, 1.82) is 0 Å². The number of carbonyl (C=O) groups is 3. The molecule has 0 radical (unpaired) electrons. The summed E-state index contributed by atoms with van der Waals surface area (Å²) < 4.78 is 0. The molecule has 0 amide bonds. The van der Waals surface area contributed by atoms with Crippen LogP contribution in [0.25, 0.3) is 0 Å². The van der Waals surface area contributed by atoms with Crippen molar-refractivity contribution in [3.8, 4) is 0 Å². The van der Waals surface area contributed by atoms with Gasteiger partial charge >= 0.3 is 0 Å². The summed E-state index contributed by atoms with van der Waals surface area (Å²) in [5, 5.41) is 17.8. The lowest BCUT2D eigenvalue weighted by Gasteiger charge is -2.58. The van der Waals surface area contributed by atoms with Gasteiger partial charge in [-0.2, -0.15) is 0 Å². The molecule has 6 atom stereocenters. The highest BCUT2D eigenvalue weighted by Crippen LogP contribution is 2.65. The van der Waals surface area contributed by atoms with Crippen LogP contribution in [0.1, 0.15) is 72.1 Å². The lowest BCUT2D eigenvalue weighted by atomic mass is 9.47. The van der Waals surface area contributed by atoms with Gasteiger partial charge in [0, 0.05) is 36.9 Å². The second kappa shape index (κ2) is 8.54. The van der Waals surface area contributed by atoms with E-state index < -0.39 is 5.97 Å². The zero-order valence-corrected chi connectivity index (χ0v) is 18.6. The van der Waals surface area contributed by atoms with Crippen LogP contribution in [-0.2, 0) is 14.4 Å². The molecule has 3 saturated carbocycles. The number of rotatable bonds is 2. The van der Waals surface area contributed by atoms with Crippen LogP contribution in [0.4, 0.5) is 0 Å². The molecule has 3 fully saturated rings. The summed E-state index contributed by atoms with van der Waals surface area (Å²) >= 11 is 1.47. The molecule has 162 valence electrons. The van der Waals surface area contributed by atoms with Gasteiger partial charge in [0.25, 0.3) is 5.97 Å². The third-order valence-corrected chi connectivity index (χ3v) is 9.12. The molecule has 4 rings (SSSR count). The molecule has 0 bridgehead atoms. The molecule has 0 saturated heterocycles. The van der Waals surface area contributed by atoms with Gasteiger partial charge in [-0.25, -0.2) is 0 Å². The quantitative estimate of drug-likeness (QED) is 0.647. The summed E-state index contributed by atoms with van der Waals surface area (Å²) in [7, 11) is 0. The number of Topliss-reactive ketones (excluding diaryl/α,β-unsaturated/α-hetero) is 1. The van der Waals surface area contributed by atoms with Crippen LogP contribution in [-0.4, -0.2) is 38.9 Å². The number of aliphatic hydroxyl groups is 1. The fraction of sp³-hybridized carbons (Fsp3) is 0.783. The summed E-state index contributed by atoms with van der Waals surface area (Å²) in [4.78, 5) is 33.2. The third-order valence-electron chi connectivity index (χ3n) is 8.06. The van der Waals surface area contributed by atoms with Crippen molar-refractivity contribution < 1.29 is 24.6 Å². The normalized spacial score (nSPS) is 40.6. The van der Waals surface area contributed by atoms with Crippen molar-refractivity contribution in [3.05, 3.63) is 11.6 Å². The van der Waals surface area contributed by atoms with E-state index in [1.807, 2.05) is 0 Å². The Balaban J connectivity index is 0.000000552. The van der Waals surface area contributed by atoms with E-state index in [1.165, 1.54) is 17.3 Å². The third kappa shape index (κ3) is 4.20. The van der Waals surface area contributed by atoms with Crippen LogP contribution in [0.15, 0.2) is 11.6 Å². The minimum atomic E-state index is -0.833. The Bertz CT molecular complexity index is 712. The monoisotopic (exact) mass is 422 g/mol. The van der Waals surface area contributed by atoms with Crippen LogP contribution >= 0.6 is 11.8 Å². The molecule has 1 unspecified atom stereocenters. The van der Waals surface area contributed by atoms with E-state index >= 15 is 0 Å². The number of fused-ring (bicyclic) bond motifs is 5. The molecule has 4 aliphatic carbocycles. The summed E-state index contributed by atoms with van der Waals surface area (Å²) in [6, 6.07) is 0. The van der Waals surface area contributed by atoms with Crippen LogP contribution < -0.4 is 0 Å². The van der Waals surface area contributed by atoms with Crippen LogP contribution in [0.5, 0.6) is 0 Å². The summed E-state index contributed by atoms with van der Waals surface area (Å²) in [6.45, 7) is 4.96. The van der Waals surface area contributed by atoms with Crippen LogP contribution in [0.2, 0.25) is 0 Å². The first kappa shape index (κ1) is 22.5. The van der Waals surface area contributed by atoms with Crippen molar-refractivity contribution in [2.24, 2.45) is 28.6 Å². The SMILES string of the molecule is CC(=O)O.CC(=O)SC[C@]12CCC(O)C=C1CC[C@@H]1[C@@H]2CC[C@]2(C)C(=O)CC[C@@H]12. The Labute approximate surface area is 177 Å². The summed E-state index contributed by atoms with van der Waals surface area (Å²) in [5.41, 5.74) is 1.39. The molecule has 4 aliphatic rings. The molecular formula is C23H34O5S. The molecule has 0 spiro atoms. The molecule has 0 aromatic rings. The van der Waals surface area contributed by atoms with E-state index in [-0.39, 0.29) is 22.0 Å². The van der Waals surface area contributed by atoms with Crippen molar-refractivity contribution in [2.45, 2.75) is 78.2 Å². The first-order valence-electron chi connectivity index (χ1n) is 10.9. The van der Waals surface area contributed by atoms with Gasteiger partial charge in [0.2, 0.25) is 0 Å². The molecule has 6 heteroatoms. The predicted octanol–water partition coefficient (Wildman–Crippen LogP) is 4.23. The van der Waals surface area contributed by atoms with Crippen molar-refractivity contribution in [1.82, 2.24) is 0 Å². The molecule has 29 heavy (non-hydrogen) atoms. The first-order valence-corrected chi connectivity index (χ1v) is 11.8. The van der Waals surface area contributed by atoms with E-state index in [0.29, 0.717) is 23.5 Å². The van der Waals surface area contributed by atoms with E-state index in [1.54, 1.807) is 6.92 Å². The number of carbonyl (C=O) groups excluding carboxylic acids is 2. The van der Waals surface area contributed by atoms with Gasteiger partial charge in [-0.1, -0.05) is 30.3 Å². The van der Waals surface area contributed by atoms with Gasteiger partial charge in [-0.05, 0) is 62.7 Å². The number of aliphatic hydroxyl groups excluding tert-OH is 1. The standard InChI is InChI=1S/C21H30O3S.C2H4O2/c1-13(22)25-12-21-10-7-15(23)11-14(21)3-4-16-17-5-6-19(24)20(17,2)9-8-18(16)21;1-2(3)4/h11,15-18,23H,3-10,12H2,1-2H3;1H3,(H,3,4)/t15?,16-,17-,18-,20-,21+;/m0./s1. The number of allylic oxidation sites excluding steroid dienone is 1. The van der Waals surface area contributed by atoms with Gasteiger partial charge in [-0.3, -0.25) is 14.4 Å². The zero-order valence-electron chi connectivity index (χ0n) is 17.8. The Morgan fingerprint density at radius 1 is 1.10 bits per heavy atom. The maximum Gasteiger partial charge on any atom is 0.300 e. The molecule has 0 heterocycles. The van der Waals surface area contributed by atoms with Gasteiger partial charge in [-0.15, -0.1) is 0 Å². The van der Waals surface area contributed by atoms with E-state index in [4.69, 9.17) is 9.90 Å². The number of carboxylic acid groups (broad SMARTS) is 1. The molecule has 2 N–H and O–H groups in total. The average molecular weight is 423 g/mol. The van der Waals surface area contributed by atoms with E-state index in [9.17, 15) is 14.7 Å². The van der Waals surface area contributed by atoms with Crippen molar-refractivity contribution >= 4 is 28.6 Å². The lowest BCUT2D eigenvalue weighted by molar-refractivity contribution is -0.134. The van der Waals surface area contributed by atoms with Crippen molar-refractivity contribution in [3.63, 3.8) is 0 Å². The fourth-order valence-electron chi connectivity index (χ4n) is 6.77. The Morgan fingerprint density at radius 3 is 2.45 bits per heavy atom. The number of carboxylic acids is 1. The average Bonchev–Trinajstić information content (AvgIpc) is 2.94. The van der Waals surface area contributed by atoms with Crippen LogP contribution in [0.3, 0.4) is 0 Å². The molecule has 0 aromatic carbocycles. The Morgan fingerprint density at radius 2 is 1.79 bits per heavy atom. The molecule has 0 aliphatic heterocycles. The fourth-order valence-corrected chi connectivity index (χ4v) is 7.78. The van der Waals surface area contributed by atoms with Crippen molar-refractivity contribution in [2.75, 3.05) is 5.75 Å². The second-order valence-corrected chi connectivity index (χ2v) is 10.7. The maximum absolute atomic E-state index is 12.5. The number of hydrogen-bond acceptors (Lipinski definition) is 5.